The number of halogens is 1. The molecule has 2 rings (SSSR count). The normalized spacial score (nSPS) is 10.1. The van der Waals surface area contributed by atoms with Gasteiger partial charge < -0.3 is 9.73 Å². The van der Waals surface area contributed by atoms with Crippen LogP contribution in [0.3, 0.4) is 0 Å². The van der Waals surface area contributed by atoms with Crippen LogP contribution >= 0.6 is 11.6 Å². The summed E-state index contributed by atoms with van der Waals surface area (Å²) in [5.74, 6) is 6.18. The van der Waals surface area contributed by atoms with Gasteiger partial charge in [-0.15, -0.1) is 0 Å². The van der Waals surface area contributed by atoms with E-state index >= 15 is 0 Å². The van der Waals surface area contributed by atoms with Crippen LogP contribution in [-0.4, -0.2) is 12.5 Å². The highest BCUT2D eigenvalue weighted by molar-refractivity contribution is 6.30. The molecule has 0 fully saturated rings. The largest absolute Gasteiger partial charge is 0.465 e. The van der Waals surface area contributed by atoms with E-state index < -0.39 is 0 Å². The van der Waals surface area contributed by atoms with Crippen LogP contribution < -0.4 is 5.32 Å². The lowest BCUT2D eigenvalue weighted by Gasteiger charge is -1.94. The van der Waals surface area contributed by atoms with Gasteiger partial charge in [-0.05, 0) is 36.4 Å². The van der Waals surface area contributed by atoms with Crippen molar-refractivity contribution in [2.45, 2.75) is 0 Å². The average molecular weight is 286 g/mol. The topological polar surface area (TPSA) is 42.2 Å². The van der Waals surface area contributed by atoms with Crippen molar-refractivity contribution < 1.29 is 9.21 Å². The van der Waals surface area contributed by atoms with Crippen LogP contribution in [0.2, 0.25) is 5.02 Å². The lowest BCUT2D eigenvalue weighted by Crippen LogP contribution is -2.20. The van der Waals surface area contributed by atoms with Gasteiger partial charge in [0.15, 0.2) is 0 Å². The Morgan fingerprint density at radius 1 is 1.35 bits per heavy atom. The number of carbonyl (C=O) groups excluding carboxylic acids is 1. The molecule has 2 aromatic rings. The van der Waals surface area contributed by atoms with Crippen molar-refractivity contribution in [1.82, 2.24) is 5.32 Å². The minimum Gasteiger partial charge on any atom is -0.465 e. The van der Waals surface area contributed by atoms with E-state index in [0.29, 0.717) is 10.8 Å². The lowest BCUT2D eigenvalue weighted by atomic mass is 10.2. The fourth-order valence-electron chi connectivity index (χ4n) is 1.45. The van der Waals surface area contributed by atoms with Crippen molar-refractivity contribution in [2.75, 3.05) is 6.54 Å². The highest BCUT2D eigenvalue weighted by Crippen LogP contribution is 2.09. The van der Waals surface area contributed by atoms with Crippen molar-refractivity contribution >= 4 is 23.6 Å². The summed E-state index contributed by atoms with van der Waals surface area (Å²) in [5, 5.41) is 3.30. The molecule has 0 saturated heterocycles. The fraction of sp³-hybridized carbons (Fsp3) is 0.0625. The molecule has 0 aliphatic heterocycles. The van der Waals surface area contributed by atoms with Gasteiger partial charge in [0.25, 0.3) is 0 Å². The second kappa shape index (κ2) is 7.22. The molecule has 1 heterocycles. The zero-order valence-electron chi connectivity index (χ0n) is 10.6. The van der Waals surface area contributed by atoms with Crippen LogP contribution in [0.4, 0.5) is 0 Å². The molecule has 4 heteroatoms. The Morgan fingerprint density at radius 3 is 3.00 bits per heavy atom. The third kappa shape index (κ3) is 4.68. The average Bonchev–Trinajstić information content (AvgIpc) is 2.95. The number of rotatable bonds is 3. The molecule has 0 spiro atoms. The number of hydrogen-bond donors (Lipinski definition) is 1. The van der Waals surface area contributed by atoms with Gasteiger partial charge in [-0.3, -0.25) is 4.79 Å². The molecule has 0 saturated carbocycles. The first-order valence-electron chi connectivity index (χ1n) is 5.98. The van der Waals surface area contributed by atoms with Gasteiger partial charge in [0.2, 0.25) is 5.91 Å². The van der Waals surface area contributed by atoms with E-state index in [0.717, 1.165) is 5.56 Å². The van der Waals surface area contributed by atoms with Gasteiger partial charge in [0.1, 0.15) is 5.76 Å². The fourth-order valence-corrected chi connectivity index (χ4v) is 1.64. The minimum absolute atomic E-state index is 0.221. The Morgan fingerprint density at radius 2 is 2.25 bits per heavy atom. The first kappa shape index (κ1) is 14.0. The van der Waals surface area contributed by atoms with Crippen LogP contribution in [0.5, 0.6) is 0 Å². The number of amides is 1. The van der Waals surface area contributed by atoms with E-state index in [9.17, 15) is 4.79 Å². The zero-order valence-corrected chi connectivity index (χ0v) is 11.4. The third-order valence-electron chi connectivity index (χ3n) is 2.35. The van der Waals surface area contributed by atoms with Crippen LogP contribution in [0.1, 0.15) is 11.3 Å². The predicted octanol–water partition coefficient (Wildman–Crippen LogP) is 3.11. The van der Waals surface area contributed by atoms with Gasteiger partial charge in [-0.1, -0.05) is 29.5 Å². The first-order chi connectivity index (χ1) is 9.74. The van der Waals surface area contributed by atoms with Crippen molar-refractivity contribution in [1.29, 1.82) is 0 Å². The highest BCUT2D eigenvalue weighted by Gasteiger charge is 1.94. The third-order valence-corrected chi connectivity index (χ3v) is 2.59. The highest BCUT2D eigenvalue weighted by atomic mass is 35.5. The molecular weight excluding hydrogens is 274 g/mol. The van der Waals surface area contributed by atoms with E-state index in [4.69, 9.17) is 16.0 Å². The molecule has 1 aromatic carbocycles. The molecule has 3 nitrogen and oxygen atoms in total. The zero-order chi connectivity index (χ0) is 14.2. The van der Waals surface area contributed by atoms with Crippen LogP contribution in [0.15, 0.2) is 53.2 Å². The van der Waals surface area contributed by atoms with Crippen LogP contribution in [0.25, 0.3) is 6.08 Å². The Balaban J connectivity index is 1.80. The summed E-state index contributed by atoms with van der Waals surface area (Å²) in [4.78, 5) is 11.5. The summed E-state index contributed by atoms with van der Waals surface area (Å²) in [7, 11) is 0. The summed E-state index contributed by atoms with van der Waals surface area (Å²) in [5.41, 5.74) is 0.817. The van der Waals surface area contributed by atoms with E-state index in [1.807, 2.05) is 12.1 Å². The van der Waals surface area contributed by atoms with Crippen molar-refractivity contribution in [3.05, 3.63) is 65.1 Å². The first-order valence-corrected chi connectivity index (χ1v) is 6.36. The van der Waals surface area contributed by atoms with Crippen molar-refractivity contribution in [3.63, 3.8) is 0 Å². The number of carbonyl (C=O) groups is 1. The molecule has 1 amide bonds. The quantitative estimate of drug-likeness (QED) is 0.695. The lowest BCUT2D eigenvalue weighted by molar-refractivity contribution is -0.116. The maximum absolute atomic E-state index is 11.5. The van der Waals surface area contributed by atoms with Gasteiger partial charge in [-0.25, -0.2) is 0 Å². The number of benzene rings is 1. The number of nitrogens with one attached hydrogen (secondary N) is 1. The molecule has 0 aliphatic rings. The summed E-state index contributed by atoms with van der Waals surface area (Å²) in [6.45, 7) is 0.272. The molecule has 0 bridgehead atoms. The molecule has 0 atom stereocenters. The van der Waals surface area contributed by atoms with E-state index in [-0.39, 0.29) is 12.5 Å². The van der Waals surface area contributed by atoms with Crippen molar-refractivity contribution in [3.8, 4) is 11.8 Å². The molecule has 0 aliphatic carbocycles. The van der Waals surface area contributed by atoms with Gasteiger partial charge >= 0.3 is 0 Å². The van der Waals surface area contributed by atoms with Crippen LogP contribution in [0, 0.1) is 11.8 Å². The molecule has 100 valence electrons. The molecule has 1 N–H and O–H groups in total. The Hall–Kier alpha value is -2.44. The van der Waals surface area contributed by atoms with E-state index in [1.54, 1.807) is 36.6 Å². The summed E-state index contributed by atoms with van der Waals surface area (Å²) in [6, 6.07) is 10.8. The van der Waals surface area contributed by atoms with Gasteiger partial charge in [0.05, 0.1) is 12.8 Å². The number of furan rings is 1. The SMILES string of the molecule is O=C(/C=C/c1ccco1)NCC#Cc1cccc(Cl)c1. The van der Waals surface area contributed by atoms with E-state index in [1.165, 1.54) is 6.08 Å². The van der Waals surface area contributed by atoms with Gasteiger partial charge in [-0.2, -0.15) is 0 Å². The Bertz CT molecular complexity index is 663. The van der Waals surface area contributed by atoms with Crippen molar-refractivity contribution in [2.24, 2.45) is 0 Å². The smallest absolute Gasteiger partial charge is 0.244 e. The Kier molecular flexibility index (Phi) is 5.05. The maximum Gasteiger partial charge on any atom is 0.244 e. The van der Waals surface area contributed by atoms with Gasteiger partial charge in [0, 0.05) is 16.7 Å². The molecule has 20 heavy (non-hydrogen) atoms. The monoisotopic (exact) mass is 285 g/mol. The molecule has 1 aromatic heterocycles. The predicted molar refractivity (Wildman–Crippen MR) is 79.1 cm³/mol. The second-order valence-corrected chi connectivity index (χ2v) is 4.32. The van der Waals surface area contributed by atoms with E-state index in [2.05, 4.69) is 17.2 Å². The molecular formula is C16H12ClNO2. The standard InChI is InChI=1S/C16H12ClNO2/c17-14-6-1-4-13(12-14)5-2-10-18-16(19)9-8-15-7-3-11-20-15/h1,3-4,6-9,11-12H,10H2,(H,18,19)/b9-8+. The molecule has 0 radical (unpaired) electrons. The number of hydrogen-bond acceptors (Lipinski definition) is 2. The second-order valence-electron chi connectivity index (χ2n) is 3.88. The van der Waals surface area contributed by atoms with Crippen LogP contribution in [-0.2, 0) is 4.79 Å². The minimum atomic E-state index is -0.221. The summed E-state index contributed by atoms with van der Waals surface area (Å²) >= 11 is 5.84. The summed E-state index contributed by atoms with van der Waals surface area (Å²) in [6.07, 6.45) is 4.55. The maximum atomic E-state index is 11.5. The molecule has 0 unspecified atom stereocenters. The Labute approximate surface area is 122 Å². The summed E-state index contributed by atoms with van der Waals surface area (Å²) < 4.78 is 5.07.